The minimum atomic E-state index is -0.0126. The van der Waals surface area contributed by atoms with Crippen LogP contribution in [0.3, 0.4) is 0 Å². The van der Waals surface area contributed by atoms with Crippen molar-refractivity contribution in [2.24, 2.45) is 0 Å². The van der Waals surface area contributed by atoms with Crippen LogP contribution in [0.4, 0.5) is 0 Å². The Morgan fingerprint density at radius 2 is 1.89 bits per heavy atom. The molecule has 0 aliphatic heterocycles. The molecule has 2 rings (SSSR count). The molecule has 0 saturated carbocycles. The average Bonchev–Trinajstić information content (AvgIpc) is 2.80. The highest BCUT2D eigenvalue weighted by atomic mass is 15.4. The third kappa shape index (κ3) is 3.64. The third-order valence-electron chi connectivity index (χ3n) is 3.11. The van der Waals surface area contributed by atoms with Gasteiger partial charge in [0.15, 0.2) is 0 Å². The van der Waals surface area contributed by atoms with E-state index in [1.54, 1.807) is 0 Å². The Bertz CT molecular complexity index is 537. The Labute approximate surface area is 114 Å². The van der Waals surface area contributed by atoms with E-state index in [0.29, 0.717) is 0 Å². The molecule has 102 valence electrons. The van der Waals surface area contributed by atoms with Crippen molar-refractivity contribution < 1.29 is 0 Å². The maximum Gasteiger partial charge on any atom is 0.0965 e. The fourth-order valence-corrected chi connectivity index (χ4v) is 1.84. The van der Waals surface area contributed by atoms with Gasteiger partial charge in [0.2, 0.25) is 0 Å². The summed E-state index contributed by atoms with van der Waals surface area (Å²) in [5.74, 6) is 0. The molecular weight excluding hydrogens is 236 g/mol. The van der Waals surface area contributed by atoms with Crippen molar-refractivity contribution in [2.75, 3.05) is 0 Å². The Morgan fingerprint density at radius 3 is 2.53 bits per heavy atom. The van der Waals surface area contributed by atoms with Gasteiger partial charge in [-0.05, 0) is 38.8 Å². The van der Waals surface area contributed by atoms with Crippen LogP contribution < -0.4 is 5.32 Å². The molecule has 19 heavy (non-hydrogen) atoms. The van der Waals surface area contributed by atoms with E-state index in [4.69, 9.17) is 0 Å². The van der Waals surface area contributed by atoms with Crippen LogP contribution in [-0.2, 0) is 18.6 Å². The summed E-state index contributed by atoms with van der Waals surface area (Å²) in [5.41, 5.74) is 3.60. The normalized spacial score (nSPS) is 11.8. The van der Waals surface area contributed by atoms with Gasteiger partial charge in [-0.2, -0.15) is 0 Å². The lowest BCUT2D eigenvalue weighted by atomic mass is 10.1. The Hall–Kier alpha value is -1.68. The maximum absolute atomic E-state index is 4.19. The second-order valence-electron chi connectivity index (χ2n) is 5.86. The van der Waals surface area contributed by atoms with Crippen molar-refractivity contribution >= 4 is 0 Å². The molecule has 0 saturated heterocycles. The Morgan fingerprint density at radius 1 is 1.16 bits per heavy atom. The van der Waals surface area contributed by atoms with Gasteiger partial charge in [-0.1, -0.05) is 29.5 Å². The number of hydrogen-bond donors (Lipinski definition) is 1. The molecule has 4 nitrogen and oxygen atoms in total. The smallest absolute Gasteiger partial charge is 0.0965 e. The molecule has 0 aliphatic carbocycles. The van der Waals surface area contributed by atoms with E-state index in [1.165, 1.54) is 11.1 Å². The lowest BCUT2D eigenvalue weighted by Crippen LogP contribution is -2.22. The van der Waals surface area contributed by atoms with Crippen LogP contribution in [0.5, 0.6) is 0 Å². The standard InChI is InChI=1S/C15H22N4/c1-12-7-5-6-8-13(12)9-16-10-14-11-19(18-17-14)15(2,3)4/h5-8,11,16H,9-10H2,1-4H3. The summed E-state index contributed by atoms with van der Waals surface area (Å²) < 4.78 is 1.90. The van der Waals surface area contributed by atoms with Gasteiger partial charge < -0.3 is 5.32 Å². The first-order valence-corrected chi connectivity index (χ1v) is 6.64. The van der Waals surface area contributed by atoms with Crippen LogP contribution in [0.25, 0.3) is 0 Å². The summed E-state index contributed by atoms with van der Waals surface area (Å²) in [7, 11) is 0. The van der Waals surface area contributed by atoms with Crippen molar-refractivity contribution in [3.8, 4) is 0 Å². The fourth-order valence-electron chi connectivity index (χ4n) is 1.84. The van der Waals surface area contributed by atoms with Gasteiger partial charge in [0, 0.05) is 13.1 Å². The van der Waals surface area contributed by atoms with Gasteiger partial charge in [0.1, 0.15) is 0 Å². The summed E-state index contributed by atoms with van der Waals surface area (Å²) >= 11 is 0. The predicted molar refractivity (Wildman–Crippen MR) is 76.7 cm³/mol. The van der Waals surface area contributed by atoms with Gasteiger partial charge in [0.25, 0.3) is 0 Å². The highest BCUT2D eigenvalue weighted by Gasteiger charge is 2.14. The van der Waals surface area contributed by atoms with Gasteiger partial charge in [-0.15, -0.1) is 5.10 Å². The molecule has 0 bridgehead atoms. The topological polar surface area (TPSA) is 42.7 Å². The average molecular weight is 258 g/mol. The molecule has 1 aromatic carbocycles. The summed E-state index contributed by atoms with van der Waals surface area (Å²) in [4.78, 5) is 0. The second-order valence-corrected chi connectivity index (χ2v) is 5.86. The van der Waals surface area contributed by atoms with Crippen LogP contribution in [0.15, 0.2) is 30.5 Å². The molecule has 1 heterocycles. The first-order valence-electron chi connectivity index (χ1n) is 6.64. The molecule has 0 unspecified atom stereocenters. The van der Waals surface area contributed by atoms with Crippen LogP contribution in [0.2, 0.25) is 0 Å². The molecule has 4 heteroatoms. The number of nitrogens with one attached hydrogen (secondary N) is 1. The maximum atomic E-state index is 4.19. The van der Waals surface area contributed by atoms with E-state index in [-0.39, 0.29) is 5.54 Å². The number of rotatable bonds is 4. The second kappa shape index (κ2) is 5.53. The lowest BCUT2D eigenvalue weighted by molar-refractivity contribution is 0.347. The van der Waals surface area contributed by atoms with Crippen LogP contribution in [0, 0.1) is 6.92 Å². The van der Waals surface area contributed by atoms with E-state index < -0.39 is 0 Å². The number of benzene rings is 1. The molecule has 1 N–H and O–H groups in total. The SMILES string of the molecule is Cc1ccccc1CNCc1cn(C(C)(C)C)nn1. The summed E-state index contributed by atoms with van der Waals surface area (Å²) in [5, 5.41) is 11.8. The summed E-state index contributed by atoms with van der Waals surface area (Å²) in [6, 6.07) is 8.41. The minimum Gasteiger partial charge on any atom is -0.307 e. The molecule has 0 amide bonds. The van der Waals surface area contributed by atoms with Crippen LogP contribution in [-0.4, -0.2) is 15.0 Å². The molecular formula is C15H22N4. The van der Waals surface area contributed by atoms with E-state index >= 15 is 0 Å². The van der Waals surface area contributed by atoms with E-state index in [2.05, 4.69) is 67.6 Å². The monoisotopic (exact) mass is 258 g/mol. The van der Waals surface area contributed by atoms with Crippen molar-refractivity contribution in [1.29, 1.82) is 0 Å². The summed E-state index contributed by atoms with van der Waals surface area (Å²) in [6.07, 6.45) is 2.00. The van der Waals surface area contributed by atoms with Crippen molar-refractivity contribution in [3.05, 3.63) is 47.3 Å². The third-order valence-corrected chi connectivity index (χ3v) is 3.11. The van der Waals surface area contributed by atoms with Gasteiger partial charge in [-0.25, -0.2) is 4.68 Å². The van der Waals surface area contributed by atoms with Crippen molar-refractivity contribution in [3.63, 3.8) is 0 Å². The zero-order chi connectivity index (χ0) is 13.9. The number of aromatic nitrogens is 3. The minimum absolute atomic E-state index is 0.0126. The molecule has 0 atom stereocenters. The van der Waals surface area contributed by atoms with Gasteiger partial charge in [0.05, 0.1) is 17.4 Å². The highest BCUT2D eigenvalue weighted by molar-refractivity contribution is 5.25. The largest absolute Gasteiger partial charge is 0.307 e. The first kappa shape index (κ1) is 13.7. The predicted octanol–water partition coefficient (Wildman–Crippen LogP) is 2.63. The zero-order valence-corrected chi connectivity index (χ0v) is 12.1. The number of hydrogen-bond acceptors (Lipinski definition) is 3. The number of nitrogens with zero attached hydrogens (tertiary/aromatic N) is 3. The van der Waals surface area contributed by atoms with E-state index in [1.807, 2.05) is 10.9 Å². The highest BCUT2D eigenvalue weighted by Crippen LogP contribution is 2.12. The van der Waals surface area contributed by atoms with Crippen LogP contribution >= 0.6 is 0 Å². The van der Waals surface area contributed by atoms with Crippen molar-refractivity contribution in [2.45, 2.75) is 46.3 Å². The zero-order valence-electron chi connectivity index (χ0n) is 12.1. The fraction of sp³-hybridized carbons (Fsp3) is 0.467. The van der Waals surface area contributed by atoms with Crippen molar-refractivity contribution in [1.82, 2.24) is 20.3 Å². The molecule has 0 radical (unpaired) electrons. The number of aryl methyl sites for hydroxylation is 1. The lowest BCUT2D eigenvalue weighted by Gasteiger charge is -2.17. The van der Waals surface area contributed by atoms with Gasteiger partial charge >= 0.3 is 0 Å². The van der Waals surface area contributed by atoms with E-state index in [0.717, 1.165) is 18.8 Å². The molecule has 0 fully saturated rings. The van der Waals surface area contributed by atoms with Gasteiger partial charge in [-0.3, -0.25) is 0 Å². The first-order chi connectivity index (χ1) is 8.97. The summed E-state index contributed by atoms with van der Waals surface area (Å²) in [6.45, 7) is 10.1. The quantitative estimate of drug-likeness (QED) is 0.916. The Balaban J connectivity index is 1.90. The van der Waals surface area contributed by atoms with Crippen LogP contribution in [0.1, 0.15) is 37.6 Å². The Kier molecular flexibility index (Phi) is 4.00. The molecule has 0 aliphatic rings. The van der Waals surface area contributed by atoms with E-state index in [9.17, 15) is 0 Å². The molecule has 2 aromatic rings. The molecule has 1 aromatic heterocycles. The molecule has 0 spiro atoms.